The molecule has 2 rings (SSSR count). The van der Waals surface area contributed by atoms with Gasteiger partial charge in [-0.15, -0.1) is 0 Å². The lowest BCUT2D eigenvalue weighted by molar-refractivity contribution is -0.143. The first-order valence-electron chi connectivity index (χ1n) is 7.98. The molecule has 9 heteroatoms. The molecule has 1 N–H and O–H groups in total. The first-order chi connectivity index (χ1) is 11.7. The first-order valence-corrected chi connectivity index (χ1v) is 9.52. The van der Waals surface area contributed by atoms with E-state index in [0.29, 0.717) is 19.1 Å². The van der Waals surface area contributed by atoms with Gasteiger partial charge in [0.15, 0.2) is 0 Å². The molecule has 3 unspecified atom stereocenters. The molecule has 0 radical (unpaired) electrons. The molecule has 140 valence electrons. The minimum Gasteiger partial charge on any atom is -0.466 e. The second-order valence-corrected chi connectivity index (χ2v) is 7.72. The molecule has 0 aliphatic carbocycles. The molecule has 1 heterocycles. The van der Waals surface area contributed by atoms with Gasteiger partial charge in [0.25, 0.3) is 0 Å². The van der Waals surface area contributed by atoms with Crippen LogP contribution in [-0.2, 0) is 24.3 Å². The number of hydrogen-bond donors (Lipinski definition) is 1. The van der Waals surface area contributed by atoms with E-state index in [0.717, 1.165) is 12.1 Å². The Labute approximate surface area is 145 Å². The Morgan fingerprint density at radius 3 is 2.72 bits per heavy atom. The number of ether oxygens (including phenoxy) is 2. The van der Waals surface area contributed by atoms with Crippen molar-refractivity contribution in [1.82, 2.24) is 4.72 Å². The molecule has 0 aromatic heterocycles. The SMILES string of the molecule is CCOC(=O)CC(NS(=O)(=O)C1CCOC1C)c1ccc(F)cc1F. The van der Waals surface area contributed by atoms with E-state index in [9.17, 15) is 22.0 Å². The van der Waals surface area contributed by atoms with Crippen LogP contribution in [0.1, 0.15) is 38.3 Å². The molecule has 1 aromatic rings. The van der Waals surface area contributed by atoms with Crippen LogP contribution in [0.5, 0.6) is 0 Å². The predicted molar refractivity (Wildman–Crippen MR) is 86.2 cm³/mol. The third-order valence-electron chi connectivity index (χ3n) is 4.03. The summed E-state index contributed by atoms with van der Waals surface area (Å²) in [7, 11) is -3.89. The van der Waals surface area contributed by atoms with Gasteiger partial charge in [-0.25, -0.2) is 21.9 Å². The zero-order valence-electron chi connectivity index (χ0n) is 14.0. The maximum Gasteiger partial charge on any atom is 0.307 e. The van der Waals surface area contributed by atoms with Gasteiger partial charge >= 0.3 is 5.97 Å². The van der Waals surface area contributed by atoms with Gasteiger partial charge in [-0.2, -0.15) is 0 Å². The maximum absolute atomic E-state index is 14.1. The van der Waals surface area contributed by atoms with Crippen LogP contribution in [0, 0.1) is 11.6 Å². The fourth-order valence-electron chi connectivity index (χ4n) is 2.79. The van der Waals surface area contributed by atoms with Crippen molar-refractivity contribution in [2.75, 3.05) is 13.2 Å². The van der Waals surface area contributed by atoms with E-state index in [1.165, 1.54) is 0 Å². The smallest absolute Gasteiger partial charge is 0.307 e. The Balaban J connectivity index is 2.29. The summed E-state index contributed by atoms with van der Waals surface area (Å²) in [5.41, 5.74) is -0.121. The van der Waals surface area contributed by atoms with Crippen LogP contribution in [0.3, 0.4) is 0 Å². The molecule has 0 saturated carbocycles. The van der Waals surface area contributed by atoms with E-state index >= 15 is 0 Å². The van der Waals surface area contributed by atoms with Crippen LogP contribution in [0.2, 0.25) is 0 Å². The fourth-order valence-corrected chi connectivity index (χ4v) is 4.56. The van der Waals surface area contributed by atoms with Crippen LogP contribution in [-0.4, -0.2) is 39.0 Å². The van der Waals surface area contributed by atoms with Crippen LogP contribution >= 0.6 is 0 Å². The van der Waals surface area contributed by atoms with E-state index in [1.807, 2.05) is 0 Å². The lowest BCUT2D eigenvalue weighted by Crippen LogP contribution is -2.41. The third kappa shape index (κ3) is 4.96. The van der Waals surface area contributed by atoms with Crippen LogP contribution in [0.25, 0.3) is 0 Å². The Morgan fingerprint density at radius 2 is 2.16 bits per heavy atom. The van der Waals surface area contributed by atoms with E-state index in [2.05, 4.69) is 4.72 Å². The summed E-state index contributed by atoms with van der Waals surface area (Å²) in [6, 6.07) is 1.57. The highest BCUT2D eigenvalue weighted by molar-refractivity contribution is 7.90. The molecule has 0 bridgehead atoms. The van der Waals surface area contributed by atoms with Gasteiger partial charge in [0.2, 0.25) is 10.0 Å². The molecular formula is C16H21F2NO5S. The number of benzene rings is 1. The van der Waals surface area contributed by atoms with Crippen molar-refractivity contribution in [3.63, 3.8) is 0 Å². The number of carbonyl (C=O) groups excluding carboxylic acids is 1. The largest absolute Gasteiger partial charge is 0.466 e. The molecule has 25 heavy (non-hydrogen) atoms. The highest BCUT2D eigenvalue weighted by Crippen LogP contribution is 2.26. The van der Waals surface area contributed by atoms with Crippen molar-refractivity contribution in [2.24, 2.45) is 0 Å². The summed E-state index contributed by atoms with van der Waals surface area (Å²) in [5.74, 6) is -2.42. The van der Waals surface area contributed by atoms with Crippen molar-refractivity contribution in [3.8, 4) is 0 Å². The van der Waals surface area contributed by atoms with Crippen LogP contribution in [0.4, 0.5) is 8.78 Å². The average Bonchev–Trinajstić information content (AvgIpc) is 2.93. The molecule has 1 saturated heterocycles. The number of carbonyl (C=O) groups is 1. The molecule has 0 spiro atoms. The molecule has 1 aliphatic heterocycles. The summed E-state index contributed by atoms with van der Waals surface area (Å²) in [6.45, 7) is 3.65. The van der Waals surface area contributed by atoms with Crippen LogP contribution < -0.4 is 4.72 Å². The Kier molecular flexibility index (Phi) is 6.47. The lowest BCUT2D eigenvalue weighted by atomic mass is 10.0. The minimum absolute atomic E-state index is 0.109. The number of sulfonamides is 1. The van der Waals surface area contributed by atoms with E-state index in [1.54, 1.807) is 13.8 Å². The zero-order valence-corrected chi connectivity index (χ0v) is 14.8. The fraction of sp³-hybridized carbons (Fsp3) is 0.562. The number of esters is 1. The molecule has 3 atom stereocenters. The van der Waals surface area contributed by atoms with Gasteiger partial charge in [0.05, 0.1) is 25.2 Å². The lowest BCUT2D eigenvalue weighted by Gasteiger charge is -2.22. The molecule has 6 nitrogen and oxygen atoms in total. The van der Waals surface area contributed by atoms with E-state index in [-0.39, 0.29) is 12.2 Å². The molecular weight excluding hydrogens is 356 g/mol. The molecule has 1 fully saturated rings. The highest BCUT2D eigenvalue weighted by Gasteiger charge is 2.38. The minimum atomic E-state index is -3.89. The molecule has 1 aromatic carbocycles. The Bertz CT molecular complexity index is 725. The summed E-state index contributed by atoms with van der Waals surface area (Å²) < 4.78 is 64.9. The second-order valence-electron chi connectivity index (χ2n) is 5.79. The number of rotatable bonds is 7. The van der Waals surface area contributed by atoms with Crippen molar-refractivity contribution < 1.29 is 31.5 Å². The summed E-state index contributed by atoms with van der Waals surface area (Å²) in [4.78, 5) is 11.8. The van der Waals surface area contributed by atoms with Crippen molar-refractivity contribution >= 4 is 16.0 Å². The highest BCUT2D eigenvalue weighted by atomic mass is 32.2. The van der Waals surface area contributed by atoms with Gasteiger partial charge in [0, 0.05) is 18.2 Å². The van der Waals surface area contributed by atoms with Gasteiger partial charge < -0.3 is 9.47 Å². The van der Waals surface area contributed by atoms with Gasteiger partial charge in [-0.05, 0) is 26.3 Å². The summed E-state index contributed by atoms with van der Waals surface area (Å²) >= 11 is 0. The average molecular weight is 377 g/mol. The Morgan fingerprint density at radius 1 is 1.44 bits per heavy atom. The summed E-state index contributed by atoms with van der Waals surface area (Å²) in [5, 5.41) is -0.805. The standard InChI is InChI=1S/C16H21F2NO5S/c1-3-23-16(20)9-14(12-5-4-11(17)8-13(12)18)19-25(21,22)15-6-7-24-10(15)2/h4-5,8,10,14-15,19H,3,6-7,9H2,1-2H3. The topological polar surface area (TPSA) is 81.7 Å². The van der Waals surface area contributed by atoms with Crippen molar-refractivity contribution in [1.29, 1.82) is 0 Å². The quantitative estimate of drug-likeness (QED) is 0.736. The maximum atomic E-state index is 14.1. The van der Waals surface area contributed by atoms with Gasteiger partial charge in [-0.3, -0.25) is 4.79 Å². The monoisotopic (exact) mass is 377 g/mol. The first kappa shape index (κ1) is 19.7. The van der Waals surface area contributed by atoms with Gasteiger partial charge in [-0.1, -0.05) is 6.07 Å². The number of nitrogens with one attached hydrogen (secondary N) is 1. The Hall–Kier alpha value is -1.58. The van der Waals surface area contributed by atoms with Crippen LogP contribution in [0.15, 0.2) is 18.2 Å². The van der Waals surface area contributed by atoms with Crippen molar-refractivity contribution in [2.45, 2.75) is 44.1 Å². The number of halogens is 2. The second kappa shape index (κ2) is 8.20. The summed E-state index contributed by atoms with van der Waals surface area (Å²) in [6.07, 6.45) is -0.620. The van der Waals surface area contributed by atoms with Crippen molar-refractivity contribution in [3.05, 3.63) is 35.4 Å². The predicted octanol–water partition coefficient (Wildman–Crippen LogP) is 2.06. The third-order valence-corrected chi connectivity index (χ3v) is 6.05. The van der Waals surface area contributed by atoms with E-state index < -0.39 is 51.4 Å². The van der Waals surface area contributed by atoms with Gasteiger partial charge in [0.1, 0.15) is 16.9 Å². The molecule has 0 amide bonds. The number of hydrogen-bond acceptors (Lipinski definition) is 5. The molecule has 1 aliphatic rings. The zero-order chi connectivity index (χ0) is 18.6. The normalized spacial score (nSPS) is 21.9. The van der Waals surface area contributed by atoms with E-state index in [4.69, 9.17) is 9.47 Å².